The summed E-state index contributed by atoms with van der Waals surface area (Å²) in [7, 11) is -3.25. The molecule has 0 saturated heterocycles. The summed E-state index contributed by atoms with van der Waals surface area (Å²) in [5.41, 5.74) is 18.5. The van der Waals surface area contributed by atoms with Crippen LogP contribution in [0.25, 0.3) is 54.9 Å². The fourth-order valence-corrected chi connectivity index (χ4v) is 30.1. The van der Waals surface area contributed by atoms with E-state index in [0.717, 1.165) is 14.5 Å². The molecule has 0 saturated carbocycles. The van der Waals surface area contributed by atoms with Crippen LogP contribution in [-0.2, 0) is 31.3 Å². The van der Waals surface area contributed by atoms with Crippen molar-refractivity contribution in [1.82, 2.24) is 0 Å². The van der Waals surface area contributed by atoms with Crippen molar-refractivity contribution in [2.75, 3.05) is 0 Å². The molecule has 141 heavy (non-hydrogen) atoms. The number of fused-ring (bicyclic) bond motifs is 14. The average molecular weight is 2220 g/mol. The summed E-state index contributed by atoms with van der Waals surface area (Å²) < 4.78 is 3.51. The van der Waals surface area contributed by atoms with Crippen LogP contribution in [0.1, 0.15) is 44.5 Å². The molecule has 0 amide bonds. The van der Waals surface area contributed by atoms with Gasteiger partial charge in [-0.25, -0.2) is 0 Å². The number of benzene rings is 22. The Morgan fingerprint density at radius 1 is 0.191 bits per heavy atom. The van der Waals surface area contributed by atoms with Gasteiger partial charge in [-0.05, 0) is 265 Å². The second-order valence-corrected chi connectivity index (χ2v) is 46.2. The molecule has 0 fully saturated rings. The van der Waals surface area contributed by atoms with E-state index in [1.807, 2.05) is 30.3 Å². The van der Waals surface area contributed by atoms with Crippen LogP contribution in [0, 0.1) is 3.57 Å². The summed E-state index contributed by atoms with van der Waals surface area (Å²) in [6.45, 7) is 0. The first kappa shape index (κ1) is 97.3. The Morgan fingerprint density at radius 2 is 0.397 bits per heavy atom. The van der Waals surface area contributed by atoms with Gasteiger partial charge in [0, 0.05) is 32.9 Å². The molecule has 22 aromatic carbocycles. The van der Waals surface area contributed by atoms with Crippen LogP contribution in [0.2, 0.25) is 0 Å². The summed E-state index contributed by atoms with van der Waals surface area (Å²) in [6.07, 6.45) is 0. The zero-order valence-corrected chi connectivity index (χ0v) is 87.4. The third-order valence-corrected chi connectivity index (χ3v) is 37.5. The average Bonchev–Trinajstić information content (AvgIpc) is 1.55. The van der Waals surface area contributed by atoms with Crippen LogP contribution in [0.15, 0.2) is 579 Å². The summed E-state index contributed by atoms with van der Waals surface area (Å²) in [4.78, 5) is 0. The van der Waals surface area contributed by atoms with Crippen molar-refractivity contribution in [3.63, 3.8) is 0 Å². The molecule has 0 atom stereocenters. The van der Waals surface area contributed by atoms with Gasteiger partial charge in [0.1, 0.15) is 0 Å². The first-order chi connectivity index (χ1) is 69.1. The Morgan fingerprint density at radius 3 is 0.645 bits per heavy atom. The van der Waals surface area contributed by atoms with Gasteiger partial charge >= 0.3 is 7.12 Å². The smallest absolute Gasteiger partial charge is 0.423 e. The molecule has 0 bridgehead atoms. The molecule has 0 radical (unpaired) electrons. The van der Waals surface area contributed by atoms with Gasteiger partial charge in [-0.15, -0.1) is 0 Å². The Kier molecular flexibility index (Phi) is 31.7. The van der Waals surface area contributed by atoms with Crippen LogP contribution < -0.4 is 69.1 Å². The molecular weight excluding hydrogens is 2120 g/mol. The molecule has 682 valence electrons. The predicted octanol–water partition coefficient (Wildman–Crippen LogP) is 28.0. The van der Waals surface area contributed by atoms with Crippen LogP contribution >= 0.6 is 86.1 Å². The molecule has 0 unspecified atom stereocenters. The molecule has 0 heterocycles. The maximum atomic E-state index is 9.74. The number of halogens is 3. The summed E-state index contributed by atoms with van der Waals surface area (Å²) >= 11 is 9.18. The molecule has 4 aliphatic carbocycles. The predicted molar refractivity (Wildman–Crippen MR) is 620 cm³/mol. The van der Waals surface area contributed by atoms with Gasteiger partial charge in [-0.1, -0.05) is 560 Å². The van der Waals surface area contributed by atoms with E-state index < -0.39 is 38.8 Å². The van der Waals surface area contributed by atoms with E-state index >= 15 is 0 Å². The quantitative estimate of drug-likeness (QED) is 0.0647. The molecule has 4 aliphatic rings. The zero-order chi connectivity index (χ0) is 95.0. The van der Waals surface area contributed by atoms with E-state index in [-0.39, 0.29) is 31.3 Å². The normalized spacial score (nSPS) is 12.0. The Bertz CT molecular complexity index is 6960. The fraction of sp³-hybridized carbons (Fsp3) is 0.0154. The maximum Gasteiger partial charge on any atom is 0.488 e. The minimum Gasteiger partial charge on any atom is -0.423 e. The zero-order valence-electron chi connectivity index (χ0n) is 77.0. The van der Waals surface area contributed by atoms with Crippen LogP contribution in [0.3, 0.4) is 0 Å². The Labute approximate surface area is 877 Å². The molecule has 2 nitrogen and oxygen atoms in total. The van der Waals surface area contributed by atoms with Gasteiger partial charge in [0.15, 0.2) is 0 Å². The minimum atomic E-state index is -1.47. The maximum absolute atomic E-state index is 9.74. The standard InChI is InChI=1S/C29H17Br.C23H15BO2.4C18H15P.C6H4BrI.Pd/c30-21-14-11-18(12-15-21)20-13-16-23-22-7-1-2-8-24(22)29(27(23)17-20)25-9-3-5-19-6-4-10-26(29)28(19)25;25-24(26)15-11-12-17-16-7-1-2-8-18(16)23(21(17)13-15)19-9-3-5-14-6-4-10-20(23)22(14)19;4*1-4-10-16(11-5-1)19(17-12-6-2-7-13-17)18-14-8-3-9-15-18;7-5-1-3-6(8)4-2-5;/h1-17H;1-13,25-26H;4*1-15H;1-4H;. The SMILES string of the molecule is Brc1ccc(-c2ccc3c(c2)C2(c4ccccc4-3)c3cccc4cccc2c34)cc1.Brc1ccc(I)cc1.OB(O)c1ccc2c(c1)C1(c3ccccc3-2)c2cccc3cccc1c23.[Pd].c1ccc(P(c2ccccc2)c2ccccc2)cc1.c1ccc(P(c2ccccc2)c2ccccc2)cc1.c1ccc(P(c2ccccc2)c2ccccc2)cc1.c1ccc(P(c2ccccc2)c2ccccc2)cc1. The van der Waals surface area contributed by atoms with Crippen molar-refractivity contribution in [3.8, 4) is 33.4 Å². The van der Waals surface area contributed by atoms with Gasteiger partial charge in [-0.3, -0.25) is 0 Å². The van der Waals surface area contributed by atoms with Crippen LogP contribution in [0.4, 0.5) is 0 Å². The van der Waals surface area contributed by atoms with E-state index in [0.29, 0.717) is 5.46 Å². The van der Waals surface area contributed by atoms with Gasteiger partial charge in [0.05, 0.1) is 10.8 Å². The Hall–Kier alpha value is -12.6. The monoisotopic (exact) mass is 2210 g/mol. The minimum absolute atomic E-state index is 0. The van der Waals surface area contributed by atoms with Gasteiger partial charge in [-0.2, -0.15) is 0 Å². The van der Waals surface area contributed by atoms with E-state index in [1.165, 1.54) is 161 Å². The van der Waals surface area contributed by atoms with E-state index in [9.17, 15) is 10.0 Å². The molecule has 26 rings (SSSR count). The van der Waals surface area contributed by atoms with Gasteiger partial charge < -0.3 is 10.0 Å². The molecule has 2 N–H and O–H groups in total. The second kappa shape index (κ2) is 46.0. The molecule has 0 aliphatic heterocycles. The summed E-state index contributed by atoms with van der Waals surface area (Å²) in [5.74, 6) is 0. The van der Waals surface area contributed by atoms with Crippen molar-refractivity contribution in [3.05, 3.63) is 627 Å². The van der Waals surface area contributed by atoms with Crippen molar-refractivity contribution < 1.29 is 30.5 Å². The fourth-order valence-electron chi connectivity index (χ4n) is 20.0. The third-order valence-electron chi connectivity index (χ3n) is 26.0. The molecule has 22 aromatic rings. The molecule has 0 aromatic heterocycles. The van der Waals surface area contributed by atoms with Crippen molar-refractivity contribution in [2.24, 2.45) is 0 Å². The largest absolute Gasteiger partial charge is 0.488 e. The van der Waals surface area contributed by atoms with E-state index in [1.54, 1.807) is 0 Å². The van der Waals surface area contributed by atoms with Crippen molar-refractivity contribution >= 4 is 184 Å². The molecular formula is C130H96BBr2IO2P4Pd. The van der Waals surface area contributed by atoms with Crippen LogP contribution in [0.5, 0.6) is 0 Å². The topological polar surface area (TPSA) is 40.5 Å². The van der Waals surface area contributed by atoms with Gasteiger partial charge in [0.25, 0.3) is 0 Å². The first-order valence-corrected chi connectivity index (χ1v) is 55.0. The Balaban J connectivity index is 0.000000107. The molecule has 11 heteroatoms. The third kappa shape index (κ3) is 20.7. The van der Waals surface area contributed by atoms with Crippen LogP contribution in [-0.4, -0.2) is 17.2 Å². The number of rotatable bonds is 14. The number of hydrogen-bond acceptors (Lipinski definition) is 2. The number of hydrogen-bond donors (Lipinski definition) is 2. The van der Waals surface area contributed by atoms with Crippen molar-refractivity contribution in [2.45, 2.75) is 10.8 Å². The van der Waals surface area contributed by atoms with E-state index in [4.69, 9.17) is 0 Å². The molecule has 2 spiro atoms. The van der Waals surface area contributed by atoms with Crippen molar-refractivity contribution in [1.29, 1.82) is 0 Å². The van der Waals surface area contributed by atoms with E-state index in [2.05, 4.69) is 594 Å². The summed E-state index contributed by atoms with van der Waals surface area (Å²) in [5, 5.41) is 41.6. The second-order valence-electron chi connectivity index (χ2n) is 34.3. The van der Waals surface area contributed by atoms with Gasteiger partial charge in [0.2, 0.25) is 0 Å². The summed E-state index contributed by atoms with van der Waals surface area (Å²) in [6, 6.07) is 203. The first-order valence-electron chi connectivity index (χ1n) is 47.0.